The summed E-state index contributed by atoms with van der Waals surface area (Å²) in [4.78, 5) is 13.4. The number of unbranched alkanes of at least 4 members (excludes halogenated alkanes) is 45. The van der Waals surface area contributed by atoms with E-state index in [1.807, 2.05) is 6.08 Å². The summed E-state index contributed by atoms with van der Waals surface area (Å²) >= 11 is 0. The lowest BCUT2D eigenvalue weighted by Crippen LogP contribution is -2.65. The van der Waals surface area contributed by atoms with Crippen molar-refractivity contribution in [3.8, 4) is 0 Å². The third kappa shape index (κ3) is 49.6. The van der Waals surface area contributed by atoms with Crippen molar-refractivity contribution in [3.63, 3.8) is 0 Å². The van der Waals surface area contributed by atoms with Crippen molar-refractivity contribution in [1.29, 1.82) is 0 Å². The van der Waals surface area contributed by atoms with Crippen LogP contribution >= 0.6 is 0 Å². The first-order chi connectivity index (χ1) is 47.6. The molecule has 2 aliphatic heterocycles. The molecule has 0 aromatic rings. The molecule has 0 aromatic heterocycles. The number of carbonyl (C=O) groups excluding carboxylic acids is 1. The van der Waals surface area contributed by atoms with E-state index >= 15 is 0 Å². The van der Waals surface area contributed by atoms with Gasteiger partial charge in [0.15, 0.2) is 12.6 Å². The highest BCUT2D eigenvalue weighted by atomic mass is 16.7. The van der Waals surface area contributed by atoms with E-state index in [2.05, 4.69) is 79.9 Å². The summed E-state index contributed by atoms with van der Waals surface area (Å²) < 4.78 is 22.9. The SMILES string of the molecule is CC/C=C\C/C=C\C/C=C\C/C=C\C/C=C\CCCCCCCCCCCCCCCCCCCCCC(=O)NC(COC1OC(CO)C(OC2OC(CO)C(O)C(O)C2O)C(O)C1O)C(O)/C=C/CCCCCCCCCCCCCCCCCCCCCCCCCCCC. The standard InChI is InChI=1S/C83H151NO13/c1-3-5-7-9-11-13-15-17-19-21-23-25-27-29-31-33-34-35-36-37-38-39-41-43-45-47-49-51-53-55-57-59-61-63-65-67-75(88)84-71(70-94-82-80(93)78(91)81(74(69-86)96-82)97-83-79(92)77(90)76(89)73(68-85)95-83)72(87)66-64-62-60-58-56-54-52-50-48-46-44-42-40-32-30-28-26-24-22-20-18-16-14-12-10-8-6-4-2/h5,7,11,13,17,19,23,25,29,31,64,66,71-74,76-83,85-87,89-93H,3-4,6,8-10,12,14-16,18,20-22,24,26-28,30,32-63,65,67-70H2,1-2H3,(H,84,88)/b7-5-,13-11-,19-17-,25-23-,31-29-,66-64+. The minimum atomic E-state index is -1.79. The zero-order valence-electron chi connectivity index (χ0n) is 62.1. The van der Waals surface area contributed by atoms with Gasteiger partial charge in [-0.2, -0.15) is 0 Å². The molecular formula is C83H151NO13. The van der Waals surface area contributed by atoms with Gasteiger partial charge in [-0.3, -0.25) is 4.79 Å². The largest absolute Gasteiger partial charge is 0.394 e. The Hall–Kier alpha value is -2.57. The Kier molecular flexibility index (Phi) is 62.2. The zero-order valence-corrected chi connectivity index (χ0v) is 62.1. The number of allylic oxidation sites excluding steroid dienone is 11. The van der Waals surface area contributed by atoms with E-state index in [1.165, 1.54) is 257 Å². The van der Waals surface area contributed by atoms with Gasteiger partial charge in [0.25, 0.3) is 0 Å². The van der Waals surface area contributed by atoms with Crippen molar-refractivity contribution in [2.24, 2.45) is 0 Å². The predicted octanol–water partition coefficient (Wildman–Crippen LogP) is 18.5. The maximum atomic E-state index is 13.4. The maximum Gasteiger partial charge on any atom is 0.220 e. The van der Waals surface area contributed by atoms with Crippen LogP contribution in [0.4, 0.5) is 0 Å². The van der Waals surface area contributed by atoms with Gasteiger partial charge in [0.1, 0.15) is 48.8 Å². The van der Waals surface area contributed by atoms with Gasteiger partial charge in [0.2, 0.25) is 5.91 Å². The second-order valence-electron chi connectivity index (χ2n) is 28.5. The summed E-state index contributed by atoms with van der Waals surface area (Å²) in [5, 5.41) is 87.7. The molecule has 2 saturated heterocycles. The van der Waals surface area contributed by atoms with Crippen molar-refractivity contribution < 1.29 is 64.6 Å². The van der Waals surface area contributed by atoms with E-state index in [-0.39, 0.29) is 18.9 Å². The minimum Gasteiger partial charge on any atom is -0.394 e. The van der Waals surface area contributed by atoms with Crippen molar-refractivity contribution >= 4 is 5.91 Å². The fourth-order valence-electron chi connectivity index (χ4n) is 13.3. The molecule has 2 heterocycles. The first kappa shape index (κ1) is 90.5. The number of hydrogen-bond acceptors (Lipinski definition) is 13. The number of carbonyl (C=O) groups is 1. The zero-order chi connectivity index (χ0) is 70.1. The van der Waals surface area contributed by atoms with Crippen LogP contribution < -0.4 is 5.32 Å². The third-order valence-corrected chi connectivity index (χ3v) is 19.6. The molecule has 0 spiro atoms. The van der Waals surface area contributed by atoms with Crippen LogP contribution in [-0.2, 0) is 23.7 Å². The molecule has 2 fully saturated rings. The molecule has 0 radical (unpaired) electrons. The van der Waals surface area contributed by atoms with E-state index in [4.69, 9.17) is 18.9 Å². The molecule has 0 aliphatic carbocycles. The first-order valence-corrected chi connectivity index (χ1v) is 40.7. The Morgan fingerprint density at radius 1 is 0.381 bits per heavy atom. The summed E-state index contributed by atoms with van der Waals surface area (Å²) in [5.74, 6) is -0.234. The monoisotopic (exact) mass is 1370 g/mol. The Morgan fingerprint density at radius 3 is 1.09 bits per heavy atom. The van der Waals surface area contributed by atoms with E-state index in [9.17, 15) is 45.6 Å². The Morgan fingerprint density at radius 2 is 0.711 bits per heavy atom. The quantitative estimate of drug-likeness (QED) is 0.0204. The molecule has 1 amide bonds. The lowest BCUT2D eigenvalue weighted by Gasteiger charge is -2.46. The van der Waals surface area contributed by atoms with E-state index < -0.39 is 86.8 Å². The fourth-order valence-corrected chi connectivity index (χ4v) is 13.3. The maximum absolute atomic E-state index is 13.4. The van der Waals surface area contributed by atoms with Gasteiger partial charge in [0.05, 0.1) is 32.0 Å². The number of aliphatic hydroxyl groups is 8. The summed E-state index contributed by atoms with van der Waals surface area (Å²) in [6, 6.07) is -0.918. The summed E-state index contributed by atoms with van der Waals surface area (Å²) in [6.07, 6.45) is 75.5. The molecule has 2 aliphatic rings. The predicted molar refractivity (Wildman–Crippen MR) is 401 cm³/mol. The summed E-state index contributed by atoms with van der Waals surface area (Å²) in [6.45, 7) is 2.74. The Labute approximate surface area is 593 Å². The fraction of sp³-hybridized carbons (Fsp3) is 0.843. The van der Waals surface area contributed by atoms with Crippen LogP contribution in [0, 0.1) is 0 Å². The molecule has 14 heteroatoms. The van der Waals surface area contributed by atoms with E-state index in [0.29, 0.717) is 6.42 Å². The topological polar surface area (TPSA) is 228 Å². The van der Waals surface area contributed by atoms with Gasteiger partial charge in [-0.15, -0.1) is 0 Å². The molecule has 0 saturated carbocycles. The minimum absolute atomic E-state index is 0.234. The lowest BCUT2D eigenvalue weighted by atomic mass is 9.97. The van der Waals surface area contributed by atoms with Gasteiger partial charge in [0, 0.05) is 6.42 Å². The second-order valence-corrected chi connectivity index (χ2v) is 28.5. The Balaban J connectivity index is 1.61. The van der Waals surface area contributed by atoms with Crippen molar-refractivity contribution in [1.82, 2.24) is 5.32 Å². The number of aliphatic hydroxyl groups excluding tert-OH is 8. The number of amides is 1. The van der Waals surface area contributed by atoms with Crippen LogP contribution in [0.3, 0.4) is 0 Å². The highest BCUT2D eigenvalue weighted by molar-refractivity contribution is 5.76. The van der Waals surface area contributed by atoms with Crippen LogP contribution in [0.25, 0.3) is 0 Å². The number of ether oxygens (including phenoxy) is 4. The van der Waals surface area contributed by atoms with Gasteiger partial charge in [-0.25, -0.2) is 0 Å². The average molecular weight is 1370 g/mol. The molecule has 9 N–H and O–H groups in total. The van der Waals surface area contributed by atoms with Gasteiger partial charge in [-0.1, -0.05) is 356 Å². The molecule has 0 bridgehead atoms. The second kappa shape index (κ2) is 66.7. The van der Waals surface area contributed by atoms with Crippen LogP contribution in [0.5, 0.6) is 0 Å². The highest BCUT2D eigenvalue weighted by Gasteiger charge is 2.51. The van der Waals surface area contributed by atoms with Crippen LogP contribution in [-0.4, -0.2) is 140 Å². The smallest absolute Gasteiger partial charge is 0.220 e. The first-order valence-electron chi connectivity index (χ1n) is 40.7. The molecule has 2 rings (SSSR count). The number of hydrogen-bond donors (Lipinski definition) is 9. The van der Waals surface area contributed by atoms with Gasteiger partial charge in [-0.05, 0) is 64.2 Å². The Bertz CT molecular complexity index is 1910. The number of rotatable bonds is 68. The normalized spacial score (nSPS) is 22.5. The van der Waals surface area contributed by atoms with Crippen molar-refractivity contribution in [3.05, 3.63) is 72.9 Å². The molecule has 566 valence electrons. The van der Waals surface area contributed by atoms with Crippen LogP contribution in [0.2, 0.25) is 0 Å². The molecular weight excluding hydrogens is 1220 g/mol. The molecule has 12 unspecified atom stereocenters. The van der Waals surface area contributed by atoms with E-state index in [0.717, 1.165) is 70.6 Å². The van der Waals surface area contributed by atoms with E-state index in [1.54, 1.807) is 6.08 Å². The van der Waals surface area contributed by atoms with Gasteiger partial charge >= 0.3 is 0 Å². The summed E-state index contributed by atoms with van der Waals surface area (Å²) in [5.41, 5.74) is 0. The molecule has 12 atom stereocenters. The molecule has 14 nitrogen and oxygen atoms in total. The molecule has 97 heavy (non-hydrogen) atoms. The van der Waals surface area contributed by atoms with Crippen molar-refractivity contribution in [2.75, 3.05) is 19.8 Å². The van der Waals surface area contributed by atoms with Gasteiger partial charge < -0.3 is 65.1 Å². The lowest BCUT2D eigenvalue weighted by molar-refractivity contribution is -0.359. The third-order valence-electron chi connectivity index (χ3n) is 19.6. The average Bonchev–Trinajstić information content (AvgIpc) is 0.793. The van der Waals surface area contributed by atoms with Crippen LogP contribution in [0.15, 0.2) is 72.9 Å². The number of nitrogens with one attached hydrogen (secondary N) is 1. The van der Waals surface area contributed by atoms with Crippen molar-refractivity contribution in [2.45, 2.75) is 428 Å². The highest BCUT2D eigenvalue weighted by Crippen LogP contribution is 2.30. The summed E-state index contributed by atoms with van der Waals surface area (Å²) in [7, 11) is 0. The molecule has 0 aromatic carbocycles. The van der Waals surface area contributed by atoms with Crippen LogP contribution in [0.1, 0.15) is 354 Å².